The van der Waals surface area contributed by atoms with E-state index in [0.29, 0.717) is 0 Å². The zero-order chi connectivity index (χ0) is 13.7. The van der Waals surface area contributed by atoms with Gasteiger partial charge in [0.25, 0.3) is 5.91 Å². The van der Waals surface area contributed by atoms with Crippen molar-refractivity contribution in [3.05, 3.63) is 29.6 Å². The summed E-state index contributed by atoms with van der Waals surface area (Å²) in [5, 5.41) is 9.02. The standard InChI is InChI=1S/C12H16N2O3S/c1-8(7-18-3)14(2)11(15)10-9(12(16)17)5-4-6-13-10/h4-6,8H,7H2,1-3H3,(H,16,17). The van der Waals surface area contributed by atoms with Crippen molar-refractivity contribution in [1.82, 2.24) is 9.88 Å². The number of carboxylic acids is 1. The van der Waals surface area contributed by atoms with Crippen LogP contribution >= 0.6 is 11.8 Å². The molecule has 0 saturated heterocycles. The van der Waals surface area contributed by atoms with Crippen molar-refractivity contribution in [2.24, 2.45) is 0 Å². The molecule has 0 radical (unpaired) electrons. The van der Waals surface area contributed by atoms with E-state index in [1.807, 2.05) is 13.2 Å². The van der Waals surface area contributed by atoms with E-state index in [1.54, 1.807) is 18.8 Å². The lowest BCUT2D eigenvalue weighted by molar-refractivity contribution is 0.0672. The Morgan fingerprint density at radius 3 is 2.78 bits per heavy atom. The van der Waals surface area contributed by atoms with E-state index >= 15 is 0 Å². The van der Waals surface area contributed by atoms with Gasteiger partial charge >= 0.3 is 5.97 Å². The van der Waals surface area contributed by atoms with E-state index in [2.05, 4.69) is 4.98 Å². The first-order valence-electron chi connectivity index (χ1n) is 5.43. The number of aromatic carboxylic acids is 1. The number of carbonyl (C=O) groups excluding carboxylic acids is 1. The van der Waals surface area contributed by atoms with Crippen LogP contribution in [0.25, 0.3) is 0 Å². The third-order valence-corrected chi connectivity index (χ3v) is 3.45. The van der Waals surface area contributed by atoms with E-state index in [-0.39, 0.29) is 23.2 Å². The number of rotatable bonds is 5. The normalized spacial score (nSPS) is 11.9. The van der Waals surface area contributed by atoms with Crippen molar-refractivity contribution in [2.45, 2.75) is 13.0 Å². The van der Waals surface area contributed by atoms with Gasteiger partial charge in [-0.1, -0.05) is 0 Å². The fraction of sp³-hybridized carbons (Fsp3) is 0.417. The highest BCUT2D eigenvalue weighted by Crippen LogP contribution is 2.12. The second-order valence-corrected chi connectivity index (χ2v) is 4.84. The molecule has 0 spiro atoms. The van der Waals surface area contributed by atoms with E-state index in [1.165, 1.54) is 23.2 Å². The van der Waals surface area contributed by atoms with Crippen LogP contribution in [-0.2, 0) is 0 Å². The van der Waals surface area contributed by atoms with Crippen LogP contribution in [0.15, 0.2) is 18.3 Å². The molecule has 5 nitrogen and oxygen atoms in total. The lowest BCUT2D eigenvalue weighted by Crippen LogP contribution is -2.37. The predicted molar refractivity (Wildman–Crippen MR) is 71.1 cm³/mol. The van der Waals surface area contributed by atoms with Gasteiger partial charge in [0.1, 0.15) is 5.69 Å². The quantitative estimate of drug-likeness (QED) is 0.878. The first kappa shape index (κ1) is 14.5. The molecule has 6 heteroatoms. The Kier molecular flexibility index (Phi) is 5.15. The maximum atomic E-state index is 12.2. The Morgan fingerprint density at radius 1 is 1.56 bits per heavy atom. The van der Waals surface area contributed by atoms with E-state index < -0.39 is 5.97 Å². The molecule has 0 saturated carbocycles. The molecule has 1 aromatic rings. The van der Waals surface area contributed by atoms with Gasteiger partial charge in [0, 0.05) is 25.0 Å². The monoisotopic (exact) mass is 268 g/mol. The molecule has 0 aliphatic carbocycles. The SMILES string of the molecule is CSCC(C)N(C)C(=O)c1ncccc1C(=O)O. The summed E-state index contributed by atoms with van der Waals surface area (Å²) in [6, 6.07) is 2.91. The third kappa shape index (κ3) is 3.22. The fourth-order valence-corrected chi connectivity index (χ4v) is 2.17. The summed E-state index contributed by atoms with van der Waals surface area (Å²) in [5.41, 5.74) is -0.0776. The van der Waals surface area contributed by atoms with Gasteiger partial charge in [-0.2, -0.15) is 11.8 Å². The number of hydrogen-bond acceptors (Lipinski definition) is 4. The third-order valence-electron chi connectivity index (χ3n) is 2.63. The molecule has 1 amide bonds. The topological polar surface area (TPSA) is 70.5 Å². The van der Waals surface area contributed by atoms with Crippen LogP contribution in [0.2, 0.25) is 0 Å². The van der Waals surface area contributed by atoms with Crippen LogP contribution in [0.1, 0.15) is 27.8 Å². The number of aromatic nitrogens is 1. The van der Waals surface area contributed by atoms with Gasteiger partial charge in [0.05, 0.1) is 5.56 Å². The van der Waals surface area contributed by atoms with Crippen molar-refractivity contribution < 1.29 is 14.7 Å². The molecule has 1 unspecified atom stereocenters. The molecule has 0 aliphatic heterocycles. The zero-order valence-electron chi connectivity index (χ0n) is 10.6. The van der Waals surface area contributed by atoms with Gasteiger partial charge < -0.3 is 10.0 Å². The predicted octanol–water partition coefficient (Wildman–Crippen LogP) is 1.60. The minimum absolute atomic E-state index is 0.0135. The van der Waals surface area contributed by atoms with Gasteiger partial charge in [0.15, 0.2) is 0 Å². The molecule has 1 rings (SSSR count). The molecule has 1 heterocycles. The Labute approximate surface area is 110 Å². The minimum Gasteiger partial charge on any atom is -0.478 e. The summed E-state index contributed by atoms with van der Waals surface area (Å²) >= 11 is 1.63. The van der Waals surface area contributed by atoms with Crippen molar-refractivity contribution >= 4 is 23.6 Å². The molecular formula is C12H16N2O3S. The molecule has 1 atom stereocenters. The van der Waals surface area contributed by atoms with Gasteiger partial charge in [-0.15, -0.1) is 0 Å². The summed E-state index contributed by atoms with van der Waals surface area (Å²) in [6.07, 6.45) is 3.38. The number of pyridine rings is 1. The largest absolute Gasteiger partial charge is 0.478 e. The van der Waals surface area contributed by atoms with Crippen LogP contribution in [-0.4, -0.2) is 52.0 Å². The second-order valence-electron chi connectivity index (χ2n) is 3.93. The van der Waals surface area contributed by atoms with Crippen LogP contribution < -0.4 is 0 Å². The fourth-order valence-electron chi connectivity index (χ4n) is 1.47. The van der Waals surface area contributed by atoms with Gasteiger partial charge in [-0.25, -0.2) is 4.79 Å². The Balaban J connectivity index is 3.00. The van der Waals surface area contributed by atoms with Crippen LogP contribution in [0.3, 0.4) is 0 Å². The molecule has 0 aromatic carbocycles. The lowest BCUT2D eigenvalue weighted by Gasteiger charge is -2.24. The van der Waals surface area contributed by atoms with Crippen LogP contribution in [0.4, 0.5) is 0 Å². The number of carbonyl (C=O) groups is 2. The Hall–Kier alpha value is -1.56. The van der Waals surface area contributed by atoms with Crippen molar-refractivity contribution in [3.63, 3.8) is 0 Å². The average Bonchev–Trinajstić information content (AvgIpc) is 2.37. The molecular weight excluding hydrogens is 252 g/mol. The summed E-state index contributed by atoms with van der Waals surface area (Å²) in [4.78, 5) is 28.6. The molecule has 1 N–H and O–H groups in total. The molecule has 18 heavy (non-hydrogen) atoms. The molecule has 0 bridgehead atoms. The number of amides is 1. The van der Waals surface area contributed by atoms with Crippen molar-refractivity contribution in [2.75, 3.05) is 19.1 Å². The molecule has 98 valence electrons. The molecule has 0 fully saturated rings. The van der Waals surface area contributed by atoms with Crippen LogP contribution in [0.5, 0.6) is 0 Å². The van der Waals surface area contributed by atoms with Crippen LogP contribution in [0, 0.1) is 0 Å². The summed E-state index contributed by atoms with van der Waals surface area (Å²) in [5.74, 6) is -0.718. The highest BCUT2D eigenvalue weighted by Gasteiger charge is 2.23. The lowest BCUT2D eigenvalue weighted by atomic mass is 10.1. The molecule has 0 aliphatic rings. The smallest absolute Gasteiger partial charge is 0.338 e. The highest BCUT2D eigenvalue weighted by atomic mass is 32.2. The first-order chi connectivity index (χ1) is 8.49. The van der Waals surface area contributed by atoms with Gasteiger partial charge in [-0.05, 0) is 25.3 Å². The number of nitrogens with zero attached hydrogens (tertiary/aromatic N) is 2. The first-order valence-corrected chi connectivity index (χ1v) is 6.82. The molecule has 1 aromatic heterocycles. The van der Waals surface area contributed by atoms with Gasteiger partial charge in [0.2, 0.25) is 0 Å². The zero-order valence-corrected chi connectivity index (χ0v) is 11.4. The number of hydrogen-bond donors (Lipinski definition) is 1. The van der Waals surface area contributed by atoms with Gasteiger partial charge in [-0.3, -0.25) is 9.78 Å². The number of carboxylic acid groups (broad SMARTS) is 1. The van der Waals surface area contributed by atoms with Crippen molar-refractivity contribution in [1.29, 1.82) is 0 Å². The minimum atomic E-state index is -1.14. The highest BCUT2D eigenvalue weighted by molar-refractivity contribution is 7.98. The Bertz CT molecular complexity index is 451. The van der Waals surface area contributed by atoms with E-state index in [0.717, 1.165) is 5.75 Å². The second kappa shape index (κ2) is 6.39. The maximum absolute atomic E-state index is 12.2. The summed E-state index contributed by atoms with van der Waals surface area (Å²) in [6.45, 7) is 1.91. The van der Waals surface area contributed by atoms with Crippen molar-refractivity contribution in [3.8, 4) is 0 Å². The number of thioether (sulfide) groups is 1. The summed E-state index contributed by atoms with van der Waals surface area (Å²) < 4.78 is 0. The Morgan fingerprint density at radius 2 is 2.22 bits per heavy atom. The summed E-state index contributed by atoms with van der Waals surface area (Å²) in [7, 11) is 1.66. The maximum Gasteiger partial charge on any atom is 0.338 e. The van der Waals surface area contributed by atoms with E-state index in [9.17, 15) is 9.59 Å². The van der Waals surface area contributed by atoms with E-state index in [4.69, 9.17) is 5.11 Å². The average molecular weight is 268 g/mol.